The average Bonchev–Trinajstić information content (AvgIpc) is 1.97. The highest BCUT2D eigenvalue weighted by Crippen LogP contribution is 2.19. The molecule has 0 amide bonds. The third kappa shape index (κ3) is 1.88. The van der Waals surface area contributed by atoms with Gasteiger partial charge in [-0.1, -0.05) is 23.8 Å². The highest BCUT2D eigenvalue weighted by molar-refractivity contribution is 5.68. The minimum absolute atomic E-state index is 0.858. The Morgan fingerprint density at radius 1 is 1.33 bits per heavy atom. The lowest BCUT2D eigenvalue weighted by Gasteiger charge is -2.04. The van der Waals surface area contributed by atoms with Crippen LogP contribution < -0.4 is 5.73 Å². The molecule has 0 aliphatic carbocycles. The molecule has 2 N–H and O–H groups in total. The standard InChI is InChI=1S/C11H15N/c1-8(2)7-10-9(3)5-4-6-11(10)12/h4-7H,12H2,1-3H3. The first-order chi connectivity index (χ1) is 5.61. The number of nitrogens with two attached hydrogens (primary N) is 1. The molecule has 0 saturated heterocycles. The van der Waals surface area contributed by atoms with Crippen LogP contribution in [0.4, 0.5) is 5.69 Å². The molecule has 1 aromatic rings. The number of hydrogen-bond donors (Lipinski definition) is 1. The van der Waals surface area contributed by atoms with Crippen LogP contribution in [-0.2, 0) is 0 Å². The van der Waals surface area contributed by atoms with Crippen LogP contribution in [0, 0.1) is 6.92 Å². The average molecular weight is 161 g/mol. The lowest BCUT2D eigenvalue weighted by Crippen LogP contribution is -1.91. The van der Waals surface area contributed by atoms with E-state index in [1.165, 1.54) is 11.1 Å². The van der Waals surface area contributed by atoms with Crippen molar-refractivity contribution in [2.45, 2.75) is 20.8 Å². The first kappa shape index (κ1) is 8.85. The van der Waals surface area contributed by atoms with Crippen LogP contribution >= 0.6 is 0 Å². The summed E-state index contributed by atoms with van der Waals surface area (Å²) in [6, 6.07) is 5.99. The fraction of sp³-hybridized carbons (Fsp3) is 0.273. The molecule has 0 atom stereocenters. The number of hydrogen-bond acceptors (Lipinski definition) is 1. The lowest BCUT2D eigenvalue weighted by atomic mass is 10.0. The van der Waals surface area contributed by atoms with Crippen molar-refractivity contribution in [3.8, 4) is 0 Å². The van der Waals surface area contributed by atoms with E-state index < -0.39 is 0 Å². The molecule has 0 aliphatic heterocycles. The van der Waals surface area contributed by atoms with Crippen LogP contribution in [0.3, 0.4) is 0 Å². The van der Waals surface area contributed by atoms with Gasteiger partial charge in [-0.05, 0) is 32.4 Å². The number of allylic oxidation sites excluding steroid dienone is 1. The molecule has 0 bridgehead atoms. The maximum absolute atomic E-state index is 5.83. The Bertz CT molecular complexity index is 287. The third-order valence-corrected chi connectivity index (χ3v) is 1.79. The quantitative estimate of drug-likeness (QED) is 0.629. The molecule has 0 radical (unpaired) electrons. The van der Waals surface area contributed by atoms with Crippen LogP contribution in [0.1, 0.15) is 25.0 Å². The van der Waals surface area contributed by atoms with Crippen LogP contribution in [0.25, 0.3) is 6.08 Å². The first-order valence-electron chi connectivity index (χ1n) is 4.11. The molecule has 0 aliphatic rings. The smallest absolute Gasteiger partial charge is 0.0390 e. The SMILES string of the molecule is CC(C)=Cc1c(C)cccc1N. The zero-order valence-corrected chi connectivity index (χ0v) is 7.89. The van der Waals surface area contributed by atoms with Gasteiger partial charge < -0.3 is 5.73 Å². The summed E-state index contributed by atoms with van der Waals surface area (Å²) >= 11 is 0. The Morgan fingerprint density at radius 3 is 2.50 bits per heavy atom. The Kier molecular flexibility index (Phi) is 2.54. The van der Waals surface area contributed by atoms with E-state index in [4.69, 9.17) is 5.73 Å². The van der Waals surface area contributed by atoms with E-state index in [2.05, 4.69) is 32.9 Å². The Morgan fingerprint density at radius 2 is 2.00 bits per heavy atom. The van der Waals surface area contributed by atoms with Gasteiger partial charge in [0.1, 0.15) is 0 Å². The summed E-state index contributed by atoms with van der Waals surface area (Å²) in [6.45, 7) is 6.23. The van der Waals surface area contributed by atoms with Gasteiger partial charge >= 0.3 is 0 Å². The monoisotopic (exact) mass is 161 g/mol. The van der Waals surface area contributed by atoms with Gasteiger partial charge in [0.2, 0.25) is 0 Å². The minimum atomic E-state index is 0.858. The van der Waals surface area contributed by atoms with Crippen molar-refractivity contribution in [2.24, 2.45) is 0 Å². The molecule has 1 nitrogen and oxygen atoms in total. The summed E-state index contributed by atoms with van der Waals surface area (Å²) in [5, 5.41) is 0. The summed E-state index contributed by atoms with van der Waals surface area (Å²) in [7, 11) is 0. The summed E-state index contributed by atoms with van der Waals surface area (Å²) < 4.78 is 0. The topological polar surface area (TPSA) is 26.0 Å². The van der Waals surface area contributed by atoms with Gasteiger partial charge in [0.05, 0.1) is 0 Å². The zero-order chi connectivity index (χ0) is 9.14. The molecule has 0 unspecified atom stereocenters. The van der Waals surface area contributed by atoms with Crippen molar-refractivity contribution in [1.29, 1.82) is 0 Å². The van der Waals surface area contributed by atoms with Gasteiger partial charge in [-0.25, -0.2) is 0 Å². The van der Waals surface area contributed by atoms with E-state index in [9.17, 15) is 0 Å². The molecule has 0 fully saturated rings. The van der Waals surface area contributed by atoms with E-state index >= 15 is 0 Å². The molecule has 0 spiro atoms. The Labute approximate surface area is 73.9 Å². The molecule has 0 saturated carbocycles. The van der Waals surface area contributed by atoms with Crippen LogP contribution in [0.5, 0.6) is 0 Å². The van der Waals surface area contributed by atoms with E-state index in [1.807, 2.05) is 12.1 Å². The summed E-state index contributed by atoms with van der Waals surface area (Å²) in [5.74, 6) is 0. The second-order valence-corrected chi connectivity index (χ2v) is 3.30. The van der Waals surface area contributed by atoms with Crippen molar-refractivity contribution in [3.63, 3.8) is 0 Å². The number of aryl methyl sites for hydroxylation is 1. The molecule has 1 heteroatoms. The highest BCUT2D eigenvalue weighted by Gasteiger charge is 1.97. The van der Waals surface area contributed by atoms with Crippen molar-refractivity contribution >= 4 is 11.8 Å². The van der Waals surface area contributed by atoms with E-state index in [1.54, 1.807) is 0 Å². The molecule has 1 aromatic carbocycles. The van der Waals surface area contributed by atoms with Crippen molar-refractivity contribution in [2.75, 3.05) is 5.73 Å². The second-order valence-electron chi connectivity index (χ2n) is 3.30. The zero-order valence-electron chi connectivity index (χ0n) is 7.89. The fourth-order valence-corrected chi connectivity index (χ4v) is 1.19. The number of rotatable bonds is 1. The molecule has 64 valence electrons. The fourth-order valence-electron chi connectivity index (χ4n) is 1.19. The number of nitrogen functional groups attached to an aromatic ring is 1. The van der Waals surface area contributed by atoms with Crippen LogP contribution in [-0.4, -0.2) is 0 Å². The van der Waals surface area contributed by atoms with E-state index in [-0.39, 0.29) is 0 Å². The van der Waals surface area contributed by atoms with Gasteiger partial charge in [-0.2, -0.15) is 0 Å². The molecule has 0 aromatic heterocycles. The van der Waals surface area contributed by atoms with Gasteiger partial charge in [0, 0.05) is 11.3 Å². The summed E-state index contributed by atoms with van der Waals surface area (Å²) in [5.41, 5.74) is 10.3. The maximum atomic E-state index is 5.83. The highest BCUT2D eigenvalue weighted by atomic mass is 14.6. The molecule has 12 heavy (non-hydrogen) atoms. The molecular formula is C11H15N. The molecule has 1 rings (SSSR count). The summed E-state index contributed by atoms with van der Waals surface area (Å²) in [6.07, 6.45) is 2.12. The van der Waals surface area contributed by atoms with Gasteiger partial charge in [-0.3, -0.25) is 0 Å². The van der Waals surface area contributed by atoms with Crippen molar-refractivity contribution < 1.29 is 0 Å². The lowest BCUT2D eigenvalue weighted by molar-refractivity contribution is 1.39. The predicted octanol–water partition coefficient (Wildman–Crippen LogP) is 3.00. The van der Waals surface area contributed by atoms with Crippen molar-refractivity contribution in [1.82, 2.24) is 0 Å². The van der Waals surface area contributed by atoms with E-state index in [0.717, 1.165) is 11.3 Å². The molecular weight excluding hydrogens is 146 g/mol. The number of benzene rings is 1. The van der Waals surface area contributed by atoms with Gasteiger partial charge in [0.15, 0.2) is 0 Å². The van der Waals surface area contributed by atoms with Crippen LogP contribution in [0.15, 0.2) is 23.8 Å². The second kappa shape index (κ2) is 3.44. The van der Waals surface area contributed by atoms with Crippen molar-refractivity contribution in [3.05, 3.63) is 34.9 Å². The Balaban J connectivity index is 3.22. The van der Waals surface area contributed by atoms with E-state index in [0.29, 0.717) is 0 Å². The Hall–Kier alpha value is -1.24. The van der Waals surface area contributed by atoms with Crippen LogP contribution in [0.2, 0.25) is 0 Å². The maximum Gasteiger partial charge on any atom is 0.0390 e. The number of anilines is 1. The first-order valence-corrected chi connectivity index (χ1v) is 4.11. The normalized spacial score (nSPS) is 9.58. The minimum Gasteiger partial charge on any atom is -0.398 e. The molecule has 0 heterocycles. The summed E-state index contributed by atoms with van der Waals surface area (Å²) in [4.78, 5) is 0. The predicted molar refractivity (Wildman–Crippen MR) is 54.9 cm³/mol. The van der Waals surface area contributed by atoms with Gasteiger partial charge in [0.25, 0.3) is 0 Å². The largest absolute Gasteiger partial charge is 0.398 e. The third-order valence-electron chi connectivity index (χ3n) is 1.79. The van der Waals surface area contributed by atoms with Gasteiger partial charge in [-0.15, -0.1) is 0 Å².